The Hall–Kier alpha value is -0.460. The van der Waals surface area contributed by atoms with Crippen LogP contribution in [0.15, 0.2) is 17.0 Å². The molecule has 8 nitrogen and oxygen atoms in total. The van der Waals surface area contributed by atoms with Gasteiger partial charge in [-0.05, 0) is 90.6 Å². The number of piperazine rings is 1. The molecule has 1 atom stereocenters. The summed E-state index contributed by atoms with van der Waals surface area (Å²) in [5.74, 6) is 0.0915. The van der Waals surface area contributed by atoms with Gasteiger partial charge in [-0.1, -0.05) is 17.7 Å². The monoisotopic (exact) mass is 612 g/mol. The molecule has 0 bridgehead atoms. The van der Waals surface area contributed by atoms with Gasteiger partial charge in [-0.2, -0.15) is 8.61 Å². The zero-order chi connectivity index (χ0) is 26.1. The van der Waals surface area contributed by atoms with Crippen molar-refractivity contribution in [1.82, 2.24) is 18.4 Å². The summed E-state index contributed by atoms with van der Waals surface area (Å²) in [5.41, 5.74) is 2.61. The topological polar surface area (TPSA) is 81.2 Å². The highest BCUT2D eigenvalue weighted by Gasteiger charge is 2.37. The number of nitrogens with zero attached hydrogens (tertiary/aromatic N) is 4. The Bertz CT molecular complexity index is 1110. The van der Waals surface area contributed by atoms with Gasteiger partial charge in [0.1, 0.15) is 0 Å². The van der Waals surface area contributed by atoms with E-state index in [-0.39, 0.29) is 36.6 Å². The molecule has 0 amide bonds. The molecule has 1 aromatic carbocycles. The van der Waals surface area contributed by atoms with E-state index in [0.29, 0.717) is 43.4 Å². The second-order valence-corrected chi connectivity index (χ2v) is 15.0. The summed E-state index contributed by atoms with van der Waals surface area (Å²) in [7, 11) is -4.78. The zero-order valence-electron chi connectivity index (χ0n) is 23.3. The van der Waals surface area contributed by atoms with Crippen LogP contribution in [-0.4, -0.2) is 106 Å². The lowest BCUT2D eigenvalue weighted by molar-refractivity contribution is 0.0892. The Morgan fingerprint density at radius 3 is 1.97 bits per heavy atom. The Labute approximate surface area is 243 Å². The standard InChI is InChI=1S/C26H44N4O4S2.2ClH/c1-21-19-22(2)26(23(3)20-21)36(33,34)30-11-5-7-25(30)8-6-18-35(31,32)29-16-14-28(15-17-29)24-9-12-27(4)13-10-24;;/h19-20,24-25H,5-18H2,1-4H3;2*1H. The van der Waals surface area contributed by atoms with E-state index in [4.69, 9.17) is 0 Å². The molecule has 3 heterocycles. The zero-order valence-corrected chi connectivity index (χ0v) is 26.5. The van der Waals surface area contributed by atoms with Crippen molar-refractivity contribution in [3.8, 4) is 0 Å². The highest BCUT2D eigenvalue weighted by Crippen LogP contribution is 2.32. The molecule has 3 aliphatic rings. The van der Waals surface area contributed by atoms with E-state index >= 15 is 0 Å². The predicted molar refractivity (Wildman–Crippen MR) is 159 cm³/mol. The number of hydrogen-bond donors (Lipinski definition) is 0. The number of halogens is 2. The summed E-state index contributed by atoms with van der Waals surface area (Å²) in [6.07, 6.45) is 4.99. The molecule has 0 saturated carbocycles. The number of aryl methyl sites for hydroxylation is 3. The molecule has 1 unspecified atom stereocenters. The second-order valence-electron chi connectivity index (χ2n) is 11.1. The lowest BCUT2D eigenvalue weighted by Gasteiger charge is -2.41. The van der Waals surface area contributed by atoms with Crippen LogP contribution in [0.4, 0.5) is 0 Å². The number of sulfonamides is 2. The highest BCUT2D eigenvalue weighted by atomic mass is 35.5. The SMILES string of the molecule is Cc1cc(C)c(S(=O)(=O)N2CCCC2CCCS(=O)(=O)N2CCN(C3CCN(C)CC3)CC2)c(C)c1.Cl.Cl. The fraction of sp³-hybridized carbons (Fsp3) is 0.769. The van der Waals surface area contributed by atoms with Crippen LogP contribution >= 0.6 is 24.8 Å². The third-order valence-electron chi connectivity index (χ3n) is 8.31. The third-order valence-corrected chi connectivity index (χ3v) is 12.5. The van der Waals surface area contributed by atoms with E-state index in [1.807, 2.05) is 32.9 Å². The summed E-state index contributed by atoms with van der Waals surface area (Å²) in [6, 6.07) is 4.28. The average molecular weight is 614 g/mol. The summed E-state index contributed by atoms with van der Waals surface area (Å²) < 4.78 is 56.6. The van der Waals surface area contributed by atoms with Crippen LogP contribution in [0, 0.1) is 20.8 Å². The molecular weight excluding hydrogens is 567 g/mol. The molecule has 12 heteroatoms. The molecule has 1 aromatic rings. The first kappa shape index (κ1) is 33.7. The lowest BCUT2D eigenvalue weighted by Crippen LogP contribution is -2.54. The minimum atomic E-state index is -3.61. The normalized spacial score (nSPS) is 23.2. The van der Waals surface area contributed by atoms with Gasteiger partial charge >= 0.3 is 0 Å². The fourth-order valence-corrected chi connectivity index (χ4v) is 10.1. The molecular formula is C26H46Cl2N4O4S2. The highest BCUT2D eigenvalue weighted by molar-refractivity contribution is 7.89. The molecule has 3 saturated heterocycles. The van der Waals surface area contributed by atoms with Crippen LogP contribution in [0.1, 0.15) is 55.2 Å². The third kappa shape index (κ3) is 7.63. The first-order chi connectivity index (χ1) is 17.0. The fourth-order valence-electron chi connectivity index (χ4n) is 6.44. The summed E-state index contributed by atoms with van der Waals surface area (Å²) in [6.45, 7) is 11.1. The van der Waals surface area contributed by atoms with Crippen molar-refractivity contribution >= 4 is 44.9 Å². The largest absolute Gasteiger partial charge is 0.306 e. The van der Waals surface area contributed by atoms with Crippen molar-refractivity contribution in [2.24, 2.45) is 0 Å². The van der Waals surface area contributed by atoms with Gasteiger partial charge in [0, 0.05) is 44.8 Å². The van der Waals surface area contributed by atoms with E-state index < -0.39 is 20.0 Å². The maximum absolute atomic E-state index is 13.6. The lowest BCUT2D eigenvalue weighted by atomic mass is 10.0. The second kappa shape index (κ2) is 13.9. The summed E-state index contributed by atoms with van der Waals surface area (Å²) in [4.78, 5) is 5.24. The van der Waals surface area contributed by atoms with Gasteiger partial charge in [0.05, 0.1) is 10.6 Å². The van der Waals surface area contributed by atoms with Crippen LogP contribution in [0.3, 0.4) is 0 Å². The molecule has 0 radical (unpaired) electrons. The van der Waals surface area contributed by atoms with Gasteiger partial charge in [0.15, 0.2) is 0 Å². The van der Waals surface area contributed by atoms with E-state index in [1.165, 1.54) is 0 Å². The molecule has 4 rings (SSSR count). The first-order valence-electron chi connectivity index (χ1n) is 13.5. The van der Waals surface area contributed by atoms with Crippen molar-refractivity contribution in [2.75, 3.05) is 58.6 Å². The van der Waals surface area contributed by atoms with Crippen LogP contribution in [0.5, 0.6) is 0 Å². The average Bonchev–Trinajstić information content (AvgIpc) is 3.28. The summed E-state index contributed by atoms with van der Waals surface area (Å²) in [5, 5.41) is 0. The quantitative estimate of drug-likeness (QED) is 0.447. The minimum Gasteiger partial charge on any atom is -0.306 e. The number of rotatable bonds is 8. The van der Waals surface area contributed by atoms with Gasteiger partial charge < -0.3 is 4.90 Å². The molecule has 220 valence electrons. The van der Waals surface area contributed by atoms with Crippen LogP contribution in [-0.2, 0) is 20.0 Å². The van der Waals surface area contributed by atoms with Gasteiger partial charge in [0.25, 0.3) is 0 Å². The molecule has 0 aromatic heterocycles. The van der Waals surface area contributed by atoms with E-state index in [1.54, 1.807) is 8.61 Å². The van der Waals surface area contributed by atoms with Crippen molar-refractivity contribution < 1.29 is 16.8 Å². The Morgan fingerprint density at radius 1 is 0.816 bits per heavy atom. The Balaban J connectivity index is 0.00000253. The Morgan fingerprint density at radius 2 is 1.39 bits per heavy atom. The van der Waals surface area contributed by atoms with Crippen LogP contribution in [0.25, 0.3) is 0 Å². The maximum Gasteiger partial charge on any atom is 0.243 e. The van der Waals surface area contributed by atoms with Gasteiger partial charge in [-0.15, -0.1) is 24.8 Å². The molecule has 3 aliphatic heterocycles. The molecule has 0 spiro atoms. The number of likely N-dealkylation sites (tertiary alicyclic amines) is 1. The maximum atomic E-state index is 13.6. The van der Waals surface area contributed by atoms with Gasteiger partial charge in [-0.3, -0.25) is 4.90 Å². The number of piperidine rings is 1. The van der Waals surface area contributed by atoms with E-state index in [2.05, 4.69) is 16.8 Å². The Kier molecular flexibility index (Phi) is 12.4. The number of benzene rings is 1. The molecule has 0 aliphatic carbocycles. The molecule has 3 fully saturated rings. The van der Waals surface area contributed by atoms with Crippen molar-refractivity contribution in [3.63, 3.8) is 0 Å². The molecule has 0 N–H and O–H groups in total. The predicted octanol–water partition coefficient (Wildman–Crippen LogP) is 3.43. The minimum absolute atomic E-state index is 0. The smallest absolute Gasteiger partial charge is 0.243 e. The number of hydrogen-bond acceptors (Lipinski definition) is 6. The van der Waals surface area contributed by atoms with Crippen molar-refractivity contribution in [2.45, 2.75) is 76.3 Å². The van der Waals surface area contributed by atoms with Crippen LogP contribution in [0.2, 0.25) is 0 Å². The summed E-state index contributed by atoms with van der Waals surface area (Å²) >= 11 is 0. The first-order valence-corrected chi connectivity index (χ1v) is 16.5. The van der Waals surface area contributed by atoms with E-state index in [9.17, 15) is 16.8 Å². The van der Waals surface area contributed by atoms with E-state index in [0.717, 1.165) is 68.6 Å². The van der Waals surface area contributed by atoms with Crippen molar-refractivity contribution in [3.05, 3.63) is 28.8 Å². The van der Waals surface area contributed by atoms with Crippen molar-refractivity contribution in [1.29, 1.82) is 0 Å². The van der Waals surface area contributed by atoms with Crippen LogP contribution < -0.4 is 0 Å². The molecule has 38 heavy (non-hydrogen) atoms. The van der Waals surface area contributed by atoms with Gasteiger partial charge in [-0.25, -0.2) is 16.8 Å². The van der Waals surface area contributed by atoms with Gasteiger partial charge in [0.2, 0.25) is 20.0 Å².